The molecule has 1 aliphatic carbocycles. The van der Waals surface area contributed by atoms with E-state index in [2.05, 4.69) is 30.2 Å². The van der Waals surface area contributed by atoms with E-state index in [0.717, 1.165) is 35.1 Å². The molecule has 2 N–H and O–H groups in total. The first-order valence-electron chi connectivity index (χ1n) is 7.25. The van der Waals surface area contributed by atoms with E-state index < -0.39 is 0 Å². The average Bonchev–Trinajstić information content (AvgIpc) is 3.14. The Morgan fingerprint density at radius 2 is 2.15 bits per heavy atom. The lowest BCUT2D eigenvalue weighted by molar-refractivity contribution is 0.101. The first kappa shape index (κ1) is 12.0. The second-order valence-electron chi connectivity index (χ2n) is 6.17. The number of nitrogens with zero attached hydrogens (tertiary/aromatic N) is 1. The third-order valence-corrected chi connectivity index (χ3v) is 4.00. The van der Waals surface area contributed by atoms with Crippen molar-refractivity contribution in [2.75, 3.05) is 0 Å². The molecule has 0 saturated heterocycles. The molecule has 1 aromatic carbocycles. The maximum absolute atomic E-state index is 6.11. The van der Waals surface area contributed by atoms with Gasteiger partial charge in [0.25, 0.3) is 0 Å². The number of aromatic amines is 1. The molecule has 0 atom stereocenters. The van der Waals surface area contributed by atoms with Crippen LogP contribution in [-0.4, -0.2) is 16.0 Å². The molecule has 4 rings (SSSR count). The molecule has 104 valence electrons. The van der Waals surface area contributed by atoms with E-state index in [0.29, 0.717) is 6.04 Å². The van der Waals surface area contributed by atoms with Gasteiger partial charge in [-0.15, -0.1) is 0 Å². The minimum atomic E-state index is -0.367. The maximum atomic E-state index is 6.11. The molecule has 20 heavy (non-hydrogen) atoms. The van der Waals surface area contributed by atoms with E-state index in [1.165, 1.54) is 12.8 Å². The molecule has 1 aliphatic heterocycles. The van der Waals surface area contributed by atoms with Crippen LogP contribution in [0.2, 0.25) is 0 Å². The van der Waals surface area contributed by atoms with Crippen LogP contribution >= 0.6 is 0 Å². The first-order valence-corrected chi connectivity index (χ1v) is 7.25. The number of ether oxygens (including phenoxy) is 1. The molecule has 1 fully saturated rings. The summed E-state index contributed by atoms with van der Waals surface area (Å²) in [5, 5.41) is 3.50. The Balaban J connectivity index is 1.75. The van der Waals surface area contributed by atoms with Gasteiger partial charge in [-0.2, -0.15) is 0 Å². The van der Waals surface area contributed by atoms with E-state index in [1.54, 1.807) is 0 Å². The van der Waals surface area contributed by atoms with E-state index in [1.807, 2.05) is 18.2 Å². The number of benzene rings is 1. The van der Waals surface area contributed by atoms with Crippen molar-refractivity contribution in [2.24, 2.45) is 0 Å². The number of rotatable bonds is 3. The van der Waals surface area contributed by atoms with Crippen LogP contribution in [0.3, 0.4) is 0 Å². The summed E-state index contributed by atoms with van der Waals surface area (Å²) in [7, 11) is 0. The third-order valence-electron chi connectivity index (χ3n) is 4.00. The van der Waals surface area contributed by atoms with Gasteiger partial charge < -0.3 is 15.0 Å². The minimum Gasteiger partial charge on any atom is -0.481 e. The molecule has 2 aromatic rings. The molecule has 0 unspecified atom stereocenters. The maximum Gasteiger partial charge on any atom is 0.145 e. The molecule has 0 amide bonds. The topological polar surface area (TPSA) is 49.9 Å². The number of aromatic nitrogens is 2. The zero-order valence-corrected chi connectivity index (χ0v) is 11.9. The summed E-state index contributed by atoms with van der Waals surface area (Å²) in [5.74, 6) is 1.91. The Hall–Kier alpha value is -1.81. The number of hydrogen-bond acceptors (Lipinski definition) is 3. The van der Waals surface area contributed by atoms with Crippen molar-refractivity contribution in [3.05, 3.63) is 35.8 Å². The van der Waals surface area contributed by atoms with Crippen molar-refractivity contribution < 1.29 is 4.74 Å². The normalized spacial score (nSPS) is 19.1. The standard InChI is InChI=1S/C16H19N3O/c1-16(2)15-14(11-5-3-4-6-12(11)20-16)18-13(19-15)9-17-10-7-8-10/h3-6,10,17H,7-9H2,1-2H3,(H,18,19). The van der Waals surface area contributed by atoms with Crippen LogP contribution in [0.15, 0.2) is 24.3 Å². The number of nitrogens with one attached hydrogen (secondary N) is 2. The van der Waals surface area contributed by atoms with Crippen molar-refractivity contribution in [1.29, 1.82) is 0 Å². The van der Waals surface area contributed by atoms with Gasteiger partial charge in [-0.05, 0) is 38.8 Å². The van der Waals surface area contributed by atoms with Crippen molar-refractivity contribution in [1.82, 2.24) is 15.3 Å². The Bertz CT molecular complexity index is 655. The molecule has 1 aromatic heterocycles. The summed E-state index contributed by atoms with van der Waals surface area (Å²) in [5.41, 5.74) is 2.82. The summed E-state index contributed by atoms with van der Waals surface area (Å²) in [6.07, 6.45) is 2.58. The van der Waals surface area contributed by atoms with Gasteiger partial charge in [0.15, 0.2) is 0 Å². The predicted molar refractivity (Wildman–Crippen MR) is 77.5 cm³/mol. The number of hydrogen-bond donors (Lipinski definition) is 2. The molecule has 0 bridgehead atoms. The fourth-order valence-corrected chi connectivity index (χ4v) is 2.74. The second kappa shape index (κ2) is 4.09. The van der Waals surface area contributed by atoms with Crippen LogP contribution in [-0.2, 0) is 12.1 Å². The van der Waals surface area contributed by atoms with Crippen molar-refractivity contribution in [3.63, 3.8) is 0 Å². The highest BCUT2D eigenvalue weighted by atomic mass is 16.5. The van der Waals surface area contributed by atoms with Gasteiger partial charge in [0.1, 0.15) is 17.2 Å². The lowest BCUT2D eigenvalue weighted by Crippen LogP contribution is -2.29. The fourth-order valence-electron chi connectivity index (χ4n) is 2.74. The molecule has 1 saturated carbocycles. The quantitative estimate of drug-likeness (QED) is 0.900. The van der Waals surface area contributed by atoms with E-state index >= 15 is 0 Å². The number of H-pyrrole nitrogens is 1. The summed E-state index contributed by atoms with van der Waals surface area (Å²) < 4.78 is 6.11. The minimum absolute atomic E-state index is 0.367. The van der Waals surface area contributed by atoms with Gasteiger partial charge in [-0.3, -0.25) is 0 Å². The SMILES string of the molecule is CC1(C)Oc2ccccc2-c2nc(CNC3CC3)[nH]c21. The lowest BCUT2D eigenvalue weighted by Gasteiger charge is -2.31. The van der Waals surface area contributed by atoms with Gasteiger partial charge in [0, 0.05) is 11.6 Å². The Kier molecular flexibility index (Phi) is 2.45. The molecule has 2 heterocycles. The summed E-state index contributed by atoms with van der Waals surface area (Å²) in [4.78, 5) is 8.24. The highest BCUT2D eigenvalue weighted by Gasteiger charge is 2.35. The third kappa shape index (κ3) is 1.91. The van der Waals surface area contributed by atoms with Crippen LogP contribution in [0.5, 0.6) is 5.75 Å². The zero-order chi connectivity index (χ0) is 13.7. The summed E-state index contributed by atoms with van der Waals surface area (Å²) >= 11 is 0. The van der Waals surface area contributed by atoms with Crippen molar-refractivity contribution in [3.8, 4) is 17.0 Å². The number of fused-ring (bicyclic) bond motifs is 3. The highest BCUT2D eigenvalue weighted by Crippen LogP contribution is 2.43. The molecule has 2 aliphatic rings. The van der Waals surface area contributed by atoms with Crippen molar-refractivity contribution in [2.45, 2.75) is 44.9 Å². The molecule has 4 heteroatoms. The van der Waals surface area contributed by atoms with Crippen LogP contribution in [0.1, 0.15) is 38.2 Å². The van der Waals surface area contributed by atoms with E-state index in [4.69, 9.17) is 9.72 Å². The Morgan fingerprint density at radius 3 is 2.95 bits per heavy atom. The van der Waals surface area contributed by atoms with Gasteiger partial charge in [-0.25, -0.2) is 4.98 Å². The van der Waals surface area contributed by atoms with Crippen LogP contribution in [0, 0.1) is 0 Å². The van der Waals surface area contributed by atoms with Gasteiger partial charge in [0.2, 0.25) is 0 Å². The first-order chi connectivity index (χ1) is 9.63. The lowest BCUT2D eigenvalue weighted by atomic mass is 9.95. The van der Waals surface area contributed by atoms with E-state index in [-0.39, 0.29) is 5.60 Å². The smallest absolute Gasteiger partial charge is 0.145 e. The summed E-state index contributed by atoms with van der Waals surface area (Å²) in [6.45, 7) is 4.96. The molecular weight excluding hydrogens is 250 g/mol. The van der Waals surface area contributed by atoms with Gasteiger partial charge in [-0.1, -0.05) is 12.1 Å². The van der Waals surface area contributed by atoms with Gasteiger partial charge >= 0.3 is 0 Å². The zero-order valence-electron chi connectivity index (χ0n) is 11.9. The largest absolute Gasteiger partial charge is 0.481 e. The average molecular weight is 269 g/mol. The number of para-hydroxylation sites is 1. The second-order valence-corrected chi connectivity index (χ2v) is 6.17. The van der Waals surface area contributed by atoms with Crippen LogP contribution < -0.4 is 10.1 Å². The number of imidazole rings is 1. The molecular formula is C16H19N3O. The predicted octanol–water partition coefficient (Wildman–Crippen LogP) is 2.96. The Labute approximate surface area is 118 Å². The molecule has 0 radical (unpaired) electrons. The van der Waals surface area contributed by atoms with E-state index in [9.17, 15) is 0 Å². The van der Waals surface area contributed by atoms with Gasteiger partial charge in [0.05, 0.1) is 17.9 Å². The summed E-state index contributed by atoms with van der Waals surface area (Å²) in [6, 6.07) is 8.80. The van der Waals surface area contributed by atoms with Crippen LogP contribution in [0.25, 0.3) is 11.3 Å². The van der Waals surface area contributed by atoms with Crippen molar-refractivity contribution >= 4 is 0 Å². The van der Waals surface area contributed by atoms with Crippen LogP contribution in [0.4, 0.5) is 0 Å². The highest BCUT2D eigenvalue weighted by molar-refractivity contribution is 5.72. The molecule has 0 spiro atoms. The monoisotopic (exact) mass is 269 g/mol. The molecule has 4 nitrogen and oxygen atoms in total. The fraction of sp³-hybridized carbons (Fsp3) is 0.438. The Morgan fingerprint density at radius 1 is 1.35 bits per heavy atom.